The van der Waals surface area contributed by atoms with Crippen molar-refractivity contribution in [2.75, 3.05) is 6.61 Å². The molecule has 1 rings (SSSR count). The summed E-state index contributed by atoms with van der Waals surface area (Å²) in [5.41, 5.74) is 0. The number of Topliss-reactive ketones (excluding diaryl/α,β-unsaturated/α-hetero) is 1. The fourth-order valence-electron chi connectivity index (χ4n) is 0.935. The van der Waals surface area contributed by atoms with Crippen LogP contribution in [0.2, 0.25) is 0 Å². The van der Waals surface area contributed by atoms with Crippen molar-refractivity contribution < 1.29 is 24.9 Å². The molecule has 1 aliphatic heterocycles. The Hall–Kier alpha value is -0.490. The molecular formula is C6H10O5. The molecule has 1 saturated heterocycles. The van der Waals surface area contributed by atoms with Crippen molar-refractivity contribution in [2.24, 2.45) is 0 Å². The molecule has 1 fully saturated rings. The van der Waals surface area contributed by atoms with E-state index in [4.69, 9.17) is 15.3 Å². The topological polar surface area (TPSA) is 87.0 Å². The monoisotopic (exact) mass is 162 g/mol. The van der Waals surface area contributed by atoms with Gasteiger partial charge in [0.25, 0.3) is 0 Å². The highest BCUT2D eigenvalue weighted by Gasteiger charge is 2.34. The van der Waals surface area contributed by atoms with Crippen LogP contribution in [0.5, 0.6) is 0 Å². The molecule has 0 amide bonds. The highest BCUT2D eigenvalue weighted by atomic mass is 16.6. The first-order valence-electron chi connectivity index (χ1n) is 3.30. The van der Waals surface area contributed by atoms with Crippen molar-refractivity contribution >= 4 is 5.78 Å². The Labute approximate surface area is 63.2 Å². The summed E-state index contributed by atoms with van der Waals surface area (Å²) in [6.45, 7) is -0.397. The molecule has 0 aromatic heterocycles. The second-order valence-corrected chi connectivity index (χ2v) is 2.45. The van der Waals surface area contributed by atoms with Crippen molar-refractivity contribution in [3.63, 3.8) is 0 Å². The normalized spacial score (nSPS) is 39.2. The van der Waals surface area contributed by atoms with Gasteiger partial charge in [0.15, 0.2) is 5.78 Å². The molecule has 1 heterocycles. The van der Waals surface area contributed by atoms with Gasteiger partial charge in [-0.1, -0.05) is 0 Å². The number of ketones is 1. The number of aliphatic hydroxyl groups is 3. The number of aliphatic hydroxyl groups excluding tert-OH is 3. The van der Waals surface area contributed by atoms with E-state index < -0.39 is 30.9 Å². The van der Waals surface area contributed by atoms with Crippen LogP contribution in [-0.4, -0.2) is 46.2 Å². The first-order chi connectivity index (χ1) is 5.15. The van der Waals surface area contributed by atoms with Crippen LogP contribution in [0.3, 0.4) is 0 Å². The largest absolute Gasteiger partial charge is 0.394 e. The van der Waals surface area contributed by atoms with Crippen LogP contribution in [0.4, 0.5) is 0 Å². The summed E-state index contributed by atoms with van der Waals surface area (Å²) >= 11 is 0. The van der Waals surface area contributed by atoms with Gasteiger partial charge in [-0.05, 0) is 0 Å². The third kappa shape index (κ3) is 1.75. The third-order valence-electron chi connectivity index (χ3n) is 1.60. The number of hydrogen-bond acceptors (Lipinski definition) is 5. The van der Waals surface area contributed by atoms with E-state index in [1.54, 1.807) is 0 Å². The van der Waals surface area contributed by atoms with E-state index in [1.807, 2.05) is 0 Å². The summed E-state index contributed by atoms with van der Waals surface area (Å²) in [7, 11) is 0. The van der Waals surface area contributed by atoms with Gasteiger partial charge in [0.1, 0.15) is 6.10 Å². The Balaban J connectivity index is 2.54. The van der Waals surface area contributed by atoms with Gasteiger partial charge >= 0.3 is 0 Å². The van der Waals surface area contributed by atoms with E-state index in [9.17, 15) is 4.79 Å². The van der Waals surface area contributed by atoms with Crippen molar-refractivity contribution in [1.82, 2.24) is 0 Å². The second kappa shape index (κ2) is 3.27. The lowest BCUT2D eigenvalue weighted by molar-refractivity contribution is -0.205. The minimum absolute atomic E-state index is 0.160. The van der Waals surface area contributed by atoms with Crippen LogP contribution in [0, 0.1) is 0 Å². The van der Waals surface area contributed by atoms with Crippen LogP contribution in [0.15, 0.2) is 0 Å². The minimum atomic E-state index is -1.49. The smallest absolute Gasteiger partial charge is 0.215 e. The minimum Gasteiger partial charge on any atom is -0.394 e. The first kappa shape index (κ1) is 8.61. The molecule has 3 N–H and O–H groups in total. The highest BCUT2D eigenvalue weighted by molar-refractivity contribution is 5.82. The second-order valence-electron chi connectivity index (χ2n) is 2.45. The summed E-state index contributed by atoms with van der Waals surface area (Å²) < 4.78 is 4.57. The summed E-state index contributed by atoms with van der Waals surface area (Å²) in [6, 6.07) is 0. The summed E-state index contributed by atoms with van der Waals surface area (Å²) in [4.78, 5) is 10.6. The van der Waals surface area contributed by atoms with Gasteiger partial charge in [-0.15, -0.1) is 0 Å². The van der Waals surface area contributed by atoms with E-state index in [-0.39, 0.29) is 6.42 Å². The van der Waals surface area contributed by atoms with Crippen molar-refractivity contribution in [3.8, 4) is 0 Å². The SMILES string of the molecule is O=C1C[C@@H](O)C(CO)OC1O. The van der Waals surface area contributed by atoms with Gasteiger partial charge in [0, 0.05) is 6.42 Å². The van der Waals surface area contributed by atoms with Gasteiger partial charge in [-0.3, -0.25) is 4.79 Å². The van der Waals surface area contributed by atoms with Crippen LogP contribution < -0.4 is 0 Å². The van der Waals surface area contributed by atoms with Gasteiger partial charge in [-0.2, -0.15) is 0 Å². The molecule has 0 bridgehead atoms. The third-order valence-corrected chi connectivity index (χ3v) is 1.60. The van der Waals surface area contributed by atoms with Gasteiger partial charge in [-0.25, -0.2) is 0 Å². The van der Waals surface area contributed by atoms with Crippen LogP contribution in [-0.2, 0) is 9.53 Å². The lowest BCUT2D eigenvalue weighted by Gasteiger charge is -2.28. The molecule has 0 saturated carbocycles. The number of rotatable bonds is 1. The number of carbonyl (C=O) groups excluding carboxylic acids is 1. The molecule has 0 radical (unpaired) electrons. The lowest BCUT2D eigenvalue weighted by atomic mass is 10.0. The number of ether oxygens (including phenoxy) is 1. The Kier molecular flexibility index (Phi) is 2.56. The van der Waals surface area contributed by atoms with Gasteiger partial charge < -0.3 is 20.1 Å². The van der Waals surface area contributed by atoms with Crippen LogP contribution >= 0.6 is 0 Å². The molecule has 11 heavy (non-hydrogen) atoms. The zero-order chi connectivity index (χ0) is 8.43. The summed E-state index contributed by atoms with van der Waals surface area (Å²) in [6.07, 6.45) is -3.50. The van der Waals surface area contributed by atoms with Gasteiger partial charge in [0.05, 0.1) is 12.7 Å². The van der Waals surface area contributed by atoms with E-state index >= 15 is 0 Å². The van der Waals surface area contributed by atoms with Crippen molar-refractivity contribution in [1.29, 1.82) is 0 Å². The Morgan fingerprint density at radius 3 is 2.73 bits per heavy atom. The fourth-order valence-corrected chi connectivity index (χ4v) is 0.935. The first-order valence-corrected chi connectivity index (χ1v) is 3.30. The summed E-state index contributed by atoms with van der Waals surface area (Å²) in [5.74, 6) is -0.554. The maximum atomic E-state index is 10.6. The highest BCUT2D eigenvalue weighted by Crippen LogP contribution is 2.14. The quantitative estimate of drug-likeness (QED) is 0.415. The number of carbonyl (C=O) groups is 1. The molecule has 1 aliphatic rings. The van der Waals surface area contributed by atoms with E-state index in [2.05, 4.69) is 4.74 Å². The molecule has 0 spiro atoms. The zero-order valence-corrected chi connectivity index (χ0v) is 5.80. The standard InChI is InChI=1S/C6H10O5/c7-2-5-3(8)1-4(9)6(10)11-5/h3,5-8,10H,1-2H2/t3-,5?,6?/m1/s1. The van der Waals surface area contributed by atoms with E-state index in [0.717, 1.165) is 0 Å². The van der Waals surface area contributed by atoms with Crippen LogP contribution in [0.1, 0.15) is 6.42 Å². The van der Waals surface area contributed by atoms with Crippen molar-refractivity contribution in [2.45, 2.75) is 24.9 Å². The Morgan fingerprint density at radius 1 is 1.55 bits per heavy atom. The van der Waals surface area contributed by atoms with E-state index in [1.165, 1.54) is 0 Å². The predicted octanol–water partition coefficient (Wildman–Crippen LogP) is -1.98. The Morgan fingerprint density at radius 2 is 2.18 bits per heavy atom. The van der Waals surface area contributed by atoms with Crippen LogP contribution in [0.25, 0.3) is 0 Å². The molecule has 3 atom stereocenters. The summed E-state index contributed by atoms with van der Waals surface area (Å²) in [5, 5.41) is 26.4. The fraction of sp³-hybridized carbons (Fsp3) is 0.833. The molecule has 2 unspecified atom stereocenters. The lowest BCUT2D eigenvalue weighted by Crippen LogP contribution is -2.46. The molecule has 0 aromatic carbocycles. The molecule has 5 heteroatoms. The molecule has 0 aliphatic carbocycles. The predicted molar refractivity (Wildman–Crippen MR) is 33.6 cm³/mol. The van der Waals surface area contributed by atoms with E-state index in [0.29, 0.717) is 0 Å². The molecule has 5 nitrogen and oxygen atoms in total. The number of hydrogen-bond donors (Lipinski definition) is 3. The van der Waals surface area contributed by atoms with Gasteiger partial charge in [0.2, 0.25) is 6.29 Å². The molecular weight excluding hydrogens is 152 g/mol. The maximum absolute atomic E-state index is 10.6. The van der Waals surface area contributed by atoms with Crippen molar-refractivity contribution in [3.05, 3.63) is 0 Å². The average Bonchev–Trinajstić information content (AvgIpc) is 1.97. The maximum Gasteiger partial charge on any atom is 0.215 e. The molecule has 64 valence electrons. The average molecular weight is 162 g/mol. The zero-order valence-electron chi connectivity index (χ0n) is 5.80. The Bertz CT molecular complexity index is 157. The molecule has 0 aromatic rings.